The monoisotopic (exact) mass is 383 g/mol. The second-order valence-electron chi connectivity index (χ2n) is 7.42. The van der Waals surface area contributed by atoms with E-state index in [0.29, 0.717) is 6.42 Å². The maximum atomic E-state index is 12.2. The van der Waals surface area contributed by atoms with Gasteiger partial charge in [-0.25, -0.2) is 9.59 Å². The second kappa shape index (κ2) is 8.02. The highest BCUT2D eigenvalue weighted by Gasteiger charge is 2.32. The lowest BCUT2D eigenvalue weighted by Gasteiger charge is -2.25. The minimum Gasteiger partial charge on any atom is -0.480 e. The molecule has 0 radical (unpaired) electrons. The molecule has 1 aliphatic rings. The number of alkyl carbamates (subject to hydrolysis) is 1. The average Bonchev–Trinajstić information content (AvgIpc) is 2.99. The first-order valence-corrected chi connectivity index (χ1v) is 9.39. The molecule has 3 N–H and O–H groups in total. The summed E-state index contributed by atoms with van der Waals surface area (Å²) in [7, 11) is 0. The maximum absolute atomic E-state index is 12.2. The van der Waals surface area contributed by atoms with E-state index >= 15 is 0 Å². The minimum atomic E-state index is -1.22. The molecule has 6 heteroatoms. The van der Waals surface area contributed by atoms with Crippen LogP contribution in [0.5, 0.6) is 0 Å². The fourth-order valence-corrected chi connectivity index (χ4v) is 3.57. The lowest BCUT2D eigenvalue weighted by molar-refractivity contribution is -0.141. The number of nitrogens with one attached hydrogen (secondary N) is 1. The molecule has 0 spiro atoms. The summed E-state index contributed by atoms with van der Waals surface area (Å²) in [4.78, 5) is 23.7. The molecule has 0 fully saturated rings. The van der Waals surface area contributed by atoms with Crippen LogP contribution in [-0.2, 0) is 9.53 Å². The quantitative estimate of drug-likeness (QED) is 0.680. The summed E-state index contributed by atoms with van der Waals surface area (Å²) >= 11 is 0. The first-order chi connectivity index (χ1) is 13.3. The Morgan fingerprint density at radius 1 is 1.11 bits per heavy atom. The van der Waals surface area contributed by atoms with Crippen LogP contribution in [0.15, 0.2) is 48.5 Å². The summed E-state index contributed by atoms with van der Waals surface area (Å²) in [5.74, 6) is -1.30. The largest absolute Gasteiger partial charge is 0.480 e. The first-order valence-electron chi connectivity index (χ1n) is 9.39. The maximum Gasteiger partial charge on any atom is 0.407 e. The predicted octanol–water partition coefficient (Wildman–Crippen LogP) is 3.53. The Morgan fingerprint density at radius 3 is 2.14 bits per heavy atom. The van der Waals surface area contributed by atoms with Crippen molar-refractivity contribution < 1.29 is 24.5 Å². The number of aliphatic carboxylic acids is 1. The third kappa shape index (κ3) is 4.17. The van der Waals surface area contributed by atoms with Gasteiger partial charge in [0.2, 0.25) is 0 Å². The van der Waals surface area contributed by atoms with Crippen molar-refractivity contribution in [3.05, 3.63) is 59.7 Å². The Morgan fingerprint density at radius 2 is 1.64 bits per heavy atom. The molecule has 0 aliphatic heterocycles. The highest BCUT2D eigenvalue weighted by atomic mass is 16.5. The van der Waals surface area contributed by atoms with E-state index < -0.39 is 23.7 Å². The second-order valence-corrected chi connectivity index (χ2v) is 7.42. The van der Waals surface area contributed by atoms with Gasteiger partial charge >= 0.3 is 12.1 Å². The number of carboxylic acid groups (broad SMARTS) is 1. The van der Waals surface area contributed by atoms with Crippen LogP contribution >= 0.6 is 0 Å². The van der Waals surface area contributed by atoms with Crippen molar-refractivity contribution in [3.63, 3.8) is 0 Å². The molecule has 0 heterocycles. The summed E-state index contributed by atoms with van der Waals surface area (Å²) in [6, 6.07) is 14.7. The highest BCUT2D eigenvalue weighted by Crippen LogP contribution is 2.44. The fourth-order valence-electron chi connectivity index (χ4n) is 3.57. The molecule has 3 rings (SSSR count). The molecule has 0 aromatic heterocycles. The Balaban J connectivity index is 1.68. The molecule has 2 aromatic carbocycles. The predicted molar refractivity (Wildman–Crippen MR) is 105 cm³/mol. The molecule has 6 nitrogen and oxygen atoms in total. The Hall–Kier alpha value is -2.86. The number of hydrogen-bond acceptors (Lipinski definition) is 4. The van der Waals surface area contributed by atoms with Gasteiger partial charge in [-0.3, -0.25) is 0 Å². The fraction of sp³-hybridized carbons (Fsp3) is 0.364. The van der Waals surface area contributed by atoms with E-state index in [1.165, 1.54) is 0 Å². The van der Waals surface area contributed by atoms with Gasteiger partial charge < -0.3 is 20.3 Å². The molecule has 0 bridgehead atoms. The van der Waals surface area contributed by atoms with E-state index in [0.717, 1.165) is 22.3 Å². The normalized spacial score (nSPS) is 15.8. The van der Waals surface area contributed by atoms with Crippen LogP contribution in [0.25, 0.3) is 11.1 Å². The van der Waals surface area contributed by atoms with Gasteiger partial charge in [-0.05, 0) is 35.6 Å². The summed E-state index contributed by atoms with van der Waals surface area (Å²) < 4.78 is 5.37. The van der Waals surface area contributed by atoms with Gasteiger partial charge in [-0.15, -0.1) is 0 Å². The molecule has 28 heavy (non-hydrogen) atoms. The van der Waals surface area contributed by atoms with Crippen LogP contribution in [0.3, 0.4) is 0 Å². The van der Waals surface area contributed by atoms with E-state index in [-0.39, 0.29) is 18.9 Å². The number of fused-ring (bicyclic) bond motifs is 3. The summed E-state index contributed by atoms with van der Waals surface area (Å²) in [5.41, 5.74) is 3.23. The van der Waals surface area contributed by atoms with E-state index in [1.807, 2.05) is 48.5 Å². The van der Waals surface area contributed by atoms with Gasteiger partial charge in [0.15, 0.2) is 0 Å². The van der Waals surface area contributed by atoms with E-state index in [4.69, 9.17) is 4.74 Å². The number of carbonyl (C=O) groups is 2. The summed E-state index contributed by atoms with van der Waals surface area (Å²) in [6.45, 7) is 3.41. The molecular weight excluding hydrogens is 358 g/mol. The number of rotatable bonds is 7. The van der Waals surface area contributed by atoms with Gasteiger partial charge in [0, 0.05) is 12.3 Å². The zero-order valence-corrected chi connectivity index (χ0v) is 16.0. The molecule has 2 atom stereocenters. The van der Waals surface area contributed by atoms with Gasteiger partial charge in [-0.1, -0.05) is 55.5 Å². The van der Waals surface area contributed by atoms with Crippen molar-refractivity contribution in [1.82, 2.24) is 5.32 Å². The molecule has 2 aromatic rings. The Bertz CT molecular complexity index is 831. The van der Waals surface area contributed by atoms with E-state index in [1.54, 1.807) is 13.8 Å². The van der Waals surface area contributed by atoms with Crippen LogP contribution in [0, 0.1) is 0 Å². The number of ether oxygens (including phenoxy) is 1. The van der Waals surface area contributed by atoms with Gasteiger partial charge in [0.05, 0.1) is 5.60 Å². The van der Waals surface area contributed by atoms with Crippen LogP contribution in [-0.4, -0.2) is 40.5 Å². The number of benzene rings is 2. The molecule has 148 valence electrons. The lowest BCUT2D eigenvalue weighted by Crippen LogP contribution is -2.46. The van der Waals surface area contributed by atoms with Crippen molar-refractivity contribution in [2.24, 2.45) is 0 Å². The van der Waals surface area contributed by atoms with Crippen LogP contribution in [0.4, 0.5) is 4.79 Å². The topological polar surface area (TPSA) is 95.9 Å². The zero-order chi connectivity index (χ0) is 20.3. The van der Waals surface area contributed by atoms with E-state index in [2.05, 4.69) is 5.32 Å². The number of carbonyl (C=O) groups excluding carboxylic acids is 1. The Labute approximate surface area is 164 Å². The van der Waals surface area contributed by atoms with Crippen molar-refractivity contribution in [2.45, 2.75) is 44.2 Å². The Kier molecular flexibility index (Phi) is 5.70. The van der Waals surface area contributed by atoms with Crippen molar-refractivity contribution in [2.75, 3.05) is 6.61 Å². The third-order valence-corrected chi connectivity index (χ3v) is 5.34. The molecular formula is C22H25NO5. The van der Waals surface area contributed by atoms with E-state index in [9.17, 15) is 19.8 Å². The lowest BCUT2D eigenvalue weighted by atomic mass is 9.94. The molecule has 2 unspecified atom stereocenters. The van der Waals surface area contributed by atoms with Crippen molar-refractivity contribution >= 4 is 12.1 Å². The van der Waals surface area contributed by atoms with Gasteiger partial charge in [0.1, 0.15) is 12.6 Å². The summed E-state index contributed by atoms with van der Waals surface area (Å²) in [5, 5.41) is 21.8. The first kappa shape index (κ1) is 19.9. The number of hydrogen-bond donors (Lipinski definition) is 3. The highest BCUT2D eigenvalue weighted by molar-refractivity contribution is 5.81. The van der Waals surface area contributed by atoms with Crippen molar-refractivity contribution in [1.29, 1.82) is 0 Å². The van der Waals surface area contributed by atoms with Crippen LogP contribution < -0.4 is 5.32 Å². The number of aliphatic hydroxyl groups is 1. The molecule has 0 saturated carbocycles. The number of amides is 1. The average molecular weight is 383 g/mol. The smallest absolute Gasteiger partial charge is 0.407 e. The SMILES string of the molecule is CCC(C)(O)CC(NC(=O)OCC1c2ccccc2-c2ccccc21)C(=O)O. The molecule has 1 aliphatic carbocycles. The summed E-state index contributed by atoms with van der Waals surface area (Å²) in [6.07, 6.45) is -0.521. The standard InChI is InChI=1S/C22H25NO5/c1-3-22(2,27)12-19(20(24)25)23-21(26)28-13-18-16-10-6-4-8-14(16)15-9-5-7-11-17(15)18/h4-11,18-19,27H,3,12-13H2,1-2H3,(H,23,26)(H,24,25). The molecule has 1 amide bonds. The minimum absolute atomic E-state index is 0.0942. The van der Waals surface area contributed by atoms with Crippen molar-refractivity contribution in [3.8, 4) is 11.1 Å². The van der Waals surface area contributed by atoms with Gasteiger partial charge in [0.25, 0.3) is 0 Å². The molecule has 0 saturated heterocycles. The third-order valence-electron chi connectivity index (χ3n) is 5.34. The zero-order valence-electron chi connectivity index (χ0n) is 16.0. The van der Waals surface area contributed by atoms with Crippen LogP contribution in [0.2, 0.25) is 0 Å². The number of carboxylic acids is 1. The van der Waals surface area contributed by atoms with Crippen LogP contribution in [0.1, 0.15) is 43.7 Å². The van der Waals surface area contributed by atoms with Gasteiger partial charge in [-0.2, -0.15) is 0 Å².